The third kappa shape index (κ3) is 3.72. The van der Waals surface area contributed by atoms with Gasteiger partial charge < -0.3 is 15.0 Å². The molecule has 0 amide bonds. The summed E-state index contributed by atoms with van der Waals surface area (Å²) in [7, 11) is 0. The van der Waals surface area contributed by atoms with Gasteiger partial charge in [-0.3, -0.25) is 4.98 Å². The van der Waals surface area contributed by atoms with Gasteiger partial charge in [0, 0.05) is 27.9 Å². The Hall–Kier alpha value is -3.26. The summed E-state index contributed by atoms with van der Waals surface area (Å²) in [5, 5.41) is 4.06. The Morgan fingerprint density at radius 2 is 2.04 bits per heavy atom. The largest absolute Gasteiger partial charge is 0.461 e. The number of ether oxygens (including phenoxy) is 1. The maximum atomic E-state index is 12.0. The molecule has 4 aromatic rings. The van der Waals surface area contributed by atoms with Gasteiger partial charge in [-0.1, -0.05) is 6.07 Å². The zero-order chi connectivity index (χ0) is 19.5. The Morgan fingerprint density at radius 3 is 2.82 bits per heavy atom. The molecular weight excluding hydrogens is 422 g/mol. The Balaban J connectivity index is 1.64. The molecule has 4 rings (SSSR count). The molecule has 28 heavy (non-hydrogen) atoms. The number of aromatic amines is 1. The number of H-pyrrole nitrogens is 1. The zero-order valence-electron chi connectivity index (χ0n) is 14.9. The minimum atomic E-state index is -0.383. The van der Waals surface area contributed by atoms with Crippen molar-refractivity contribution in [3.63, 3.8) is 0 Å². The van der Waals surface area contributed by atoms with Crippen LogP contribution >= 0.6 is 15.9 Å². The van der Waals surface area contributed by atoms with E-state index in [1.807, 2.05) is 36.4 Å². The third-order valence-corrected chi connectivity index (χ3v) is 4.64. The predicted octanol–water partition coefficient (Wildman–Crippen LogP) is 4.70. The maximum absolute atomic E-state index is 12.0. The van der Waals surface area contributed by atoms with Crippen molar-refractivity contribution in [2.75, 3.05) is 11.9 Å². The lowest BCUT2D eigenvalue weighted by atomic mass is 10.2. The van der Waals surface area contributed by atoms with Crippen LogP contribution in [-0.4, -0.2) is 32.5 Å². The fourth-order valence-corrected chi connectivity index (χ4v) is 3.37. The van der Waals surface area contributed by atoms with E-state index >= 15 is 0 Å². The number of fused-ring (bicyclic) bond motifs is 1. The first-order valence-corrected chi connectivity index (χ1v) is 9.44. The average Bonchev–Trinajstić information content (AvgIpc) is 3.14. The van der Waals surface area contributed by atoms with E-state index < -0.39 is 0 Å². The van der Waals surface area contributed by atoms with Crippen LogP contribution in [-0.2, 0) is 4.74 Å². The highest BCUT2D eigenvalue weighted by Gasteiger charge is 2.13. The van der Waals surface area contributed by atoms with Crippen molar-refractivity contribution < 1.29 is 9.53 Å². The van der Waals surface area contributed by atoms with E-state index in [9.17, 15) is 4.79 Å². The van der Waals surface area contributed by atoms with E-state index in [2.05, 4.69) is 41.2 Å². The summed E-state index contributed by atoms with van der Waals surface area (Å²) < 4.78 is 5.86. The van der Waals surface area contributed by atoms with E-state index in [0.29, 0.717) is 18.2 Å². The molecule has 0 saturated heterocycles. The SMILES string of the molecule is CCOC(=O)c1cc2cc(Nc3nccc(-c4ccccn4)n3)cc(Br)c2[nH]1. The van der Waals surface area contributed by atoms with Crippen molar-refractivity contribution in [3.8, 4) is 11.4 Å². The molecule has 8 heteroatoms. The van der Waals surface area contributed by atoms with Gasteiger partial charge in [-0.15, -0.1) is 0 Å². The number of benzene rings is 1. The van der Waals surface area contributed by atoms with Crippen LogP contribution in [0.25, 0.3) is 22.3 Å². The molecule has 3 aromatic heterocycles. The van der Waals surface area contributed by atoms with Gasteiger partial charge in [-0.2, -0.15) is 0 Å². The van der Waals surface area contributed by atoms with Crippen LogP contribution in [0.15, 0.2) is 59.3 Å². The minimum Gasteiger partial charge on any atom is -0.461 e. The molecule has 0 atom stereocenters. The highest BCUT2D eigenvalue weighted by molar-refractivity contribution is 9.10. The topological polar surface area (TPSA) is 92.8 Å². The van der Waals surface area contributed by atoms with Gasteiger partial charge in [0.15, 0.2) is 0 Å². The number of carbonyl (C=O) groups excluding carboxylic acids is 1. The Morgan fingerprint density at radius 1 is 1.14 bits per heavy atom. The van der Waals surface area contributed by atoms with Gasteiger partial charge in [0.25, 0.3) is 0 Å². The number of anilines is 2. The number of nitrogens with zero attached hydrogens (tertiary/aromatic N) is 3. The van der Waals surface area contributed by atoms with Crippen LogP contribution < -0.4 is 5.32 Å². The highest BCUT2D eigenvalue weighted by Crippen LogP contribution is 2.30. The van der Waals surface area contributed by atoms with Gasteiger partial charge in [0.05, 0.1) is 23.5 Å². The summed E-state index contributed by atoms with van der Waals surface area (Å²) in [5.41, 5.74) is 3.51. The lowest BCUT2D eigenvalue weighted by molar-refractivity contribution is 0.0520. The fraction of sp³-hybridized carbons (Fsp3) is 0.100. The van der Waals surface area contributed by atoms with Crippen molar-refractivity contribution in [3.05, 3.63) is 65.0 Å². The van der Waals surface area contributed by atoms with Gasteiger partial charge in [0.1, 0.15) is 5.69 Å². The summed E-state index contributed by atoms with van der Waals surface area (Å²) in [4.78, 5) is 28.2. The lowest BCUT2D eigenvalue weighted by Crippen LogP contribution is -2.04. The number of hydrogen-bond acceptors (Lipinski definition) is 6. The summed E-state index contributed by atoms with van der Waals surface area (Å²) >= 11 is 3.54. The van der Waals surface area contributed by atoms with Crippen molar-refractivity contribution in [2.24, 2.45) is 0 Å². The van der Waals surface area contributed by atoms with Crippen LogP contribution in [0.1, 0.15) is 17.4 Å². The van der Waals surface area contributed by atoms with E-state index in [-0.39, 0.29) is 5.97 Å². The van der Waals surface area contributed by atoms with Gasteiger partial charge in [-0.05, 0) is 59.3 Å². The normalized spacial score (nSPS) is 10.8. The number of halogens is 1. The first kappa shape index (κ1) is 18.1. The number of pyridine rings is 1. The molecule has 0 unspecified atom stereocenters. The first-order chi connectivity index (χ1) is 13.6. The molecule has 0 bridgehead atoms. The van der Waals surface area contributed by atoms with E-state index in [4.69, 9.17) is 4.74 Å². The molecule has 2 N–H and O–H groups in total. The maximum Gasteiger partial charge on any atom is 0.354 e. The smallest absolute Gasteiger partial charge is 0.354 e. The lowest BCUT2D eigenvalue weighted by Gasteiger charge is -2.07. The monoisotopic (exact) mass is 437 g/mol. The third-order valence-electron chi connectivity index (χ3n) is 4.01. The molecule has 1 aromatic carbocycles. The number of hydrogen-bond donors (Lipinski definition) is 2. The zero-order valence-corrected chi connectivity index (χ0v) is 16.5. The molecule has 140 valence electrons. The standard InChI is InChI=1S/C20H16BrN5O2/c1-2-28-19(27)17-10-12-9-13(11-14(21)18(12)25-17)24-20-23-8-6-16(26-20)15-5-3-4-7-22-15/h3-11,25H,2H2,1H3,(H,23,24,26). The minimum absolute atomic E-state index is 0.326. The molecule has 0 aliphatic heterocycles. The Labute approximate surface area is 169 Å². The summed E-state index contributed by atoms with van der Waals surface area (Å²) in [5.74, 6) is 0.0714. The second-order valence-corrected chi connectivity index (χ2v) is 6.79. The predicted molar refractivity (Wildman–Crippen MR) is 111 cm³/mol. The van der Waals surface area contributed by atoms with Crippen LogP contribution in [0.4, 0.5) is 11.6 Å². The van der Waals surface area contributed by atoms with Crippen LogP contribution in [0, 0.1) is 0 Å². The second-order valence-electron chi connectivity index (χ2n) is 5.93. The molecule has 0 aliphatic rings. The van der Waals surface area contributed by atoms with Crippen LogP contribution in [0.2, 0.25) is 0 Å². The summed E-state index contributed by atoms with van der Waals surface area (Å²) in [6.07, 6.45) is 3.41. The van der Waals surface area contributed by atoms with Crippen molar-refractivity contribution >= 4 is 44.4 Å². The van der Waals surface area contributed by atoms with Crippen molar-refractivity contribution in [2.45, 2.75) is 6.92 Å². The molecule has 7 nitrogen and oxygen atoms in total. The van der Waals surface area contributed by atoms with Crippen LogP contribution in [0.5, 0.6) is 0 Å². The number of esters is 1. The molecule has 0 fully saturated rings. The van der Waals surface area contributed by atoms with Gasteiger partial charge in [0.2, 0.25) is 5.95 Å². The number of carbonyl (C=O) groups is 1. The Bertz CT molecular complexity index is 1140. The number of rotatable bonds is 5. The molecule has 0 aliphatic carbocycles. The second kappa shape index (κ2) is 7.77. The fourth-order valence-electron chi connectivity index (χ4n) is 2.80. The summed E-state index contributed by atoms with van der Waals surface area (Å²) in [6.45, 7) is 2.10. The number of nitrogens with one attached hydrogen (secondary N) is 2. The highest BCUT2D eigenvalue weighted by atomic mass is 79.9. The molecule has 0 saturated carbocycles. The molecule has 3 heterocycles. The van der Waals surface area contributed by atoms with E-state index in [1.165, 1.54) is 0 Å². The average molecular weight is 438 g/mol. The van der Waals surface area contributed by atoms with Gasteiger partial charge >= 0.3 is 5.97 Å². The first-order valence-electron chi connectivity index (χ1n) is 8.65. The van der Waals surface area contributed by atoms with Crippen molar-refractivity contribution in [1.82, 2.24) is 19.9 Å². The van der Waals surface area contributed by atoms with Crippen LogP contribution in [0.3, 0.4) is 0 Å². The molecule has 0 spiro atoms. The van der Waals surface area contributed by atoms with Gasteiger partial charge in [-0.25, -0.2) is 14.8 Å². The molecular formula is C20H16BrN5O2. The quantitative estimate of drug-likeness (QED) is 0.439. The van der Waals surface area contributed by atoms with Crippen molar-refractivity contribution in [1.29, 1.82) is 0 Å². The summed E-state index contributed by atoms with van der Waals surface area (Å²) in [6, 6.07) is 13.0. The van der Waals surface area contributed by atoms with E-state index in [0.717, 1.165) is 32.5 Å². The molecule has 0 radical (unpaired) electrons. The van der Waals surface area contributed by atoms with E-state index in [1.54, 1.807) is 25.4 Å². The number of aromatic nitrogens is 4. The Kier molecular flexibility index (Phi) is 5.03.